The van der Waals surface area contributed by atoms with E-state index in [0.29, 0.717) is 16.7 Å². The SMILES string of the molecule is CC(C)(C)C(=O)OCSc1nc(-c2cnccn2)no1. The lowest BCUT2D eigenvalue weighted by Gasteiger charge is -2.15. The van der Waals surface area contributed by atoms with Crippen molar-refractivity contribution < 1.29 is 14.1 Å². The highest BCUT2D eigenvalue weighted by Gasteiger charge is 2.23. The second-order valence-electron chi connectivity index (χ2n) is 4.92. The van der Waals surface area contributed by atoms with Gasteiger partial charge in [0.1, 0.15) is 11.6 Å². The van der Waals surface area contributed by atoms with Crippen molar-refractivity contribution in [3.8, 4) is 11.5 Å². The van der Waals surface area contributed by atoms with Crippen LogP contribution in [0.25, 0.3) is 11.5 Å². The molecule has 8 heteroatoms. The monoisotopic (exact) mass is 294 g/mol. The quantitative estimate of drug-likeness (QED) is 0.481. The van der Waals surface area contributed by atoms with E-state index in [-0.39, 0.29) is 11.9 Å². The molecule has 0 aliphatic carbocycles. The van der Waals surface area contributed by atoms with E-state index >= 15 is 0 Å². The second kappa shape index (κ2) is 6.00. The minimum absolute atomic E-state index is 0.123. The number of esters is 1. The van der Waals surface area contributed by atoms with Crippen molar-refractivity contribution in [2.45, 2.75) is 26.0 Å². The second-order valence-corrected chi connectivity index (χ2v) is 5.79. The first-order valence-electron chi connectivity index (χ1n) is 5.87. The van der Waals surface area contributed by atoms with Gasteiger partial charge in [0, 0.05) is 12.4 Å². The highest BCUT2D eigenvalue weighted by Crippen LogP contribution is 2.21. The highest BCUT2D eigenvalue weighted by atomic mass is 32.2. The Hall–Kier alpha value is -1.96. The van der Waals surface area contributed by atoms with Crippen LogP contribution in [-0.2, 0) is 9.53 Å². The van der Waals surface area contributed by atoms with Crippen LogP contribution in [0.3, 0.4) is 0 Å². The maximum Gasteiger partial charge on any atom is 0.312 e. The molecule has 0 atom stereocenters. The summed E-state index contributed by atoms with van der Waals surface area (Å²) in [5.74, 6) is 0.194. The van der Waals surface area contributed by atoms with Gasteiger partial charge in [0.05, 0.1) is 11.6 Å². The zero-order valence-corrected chi connectivity index (χ0v) is 12.2. The van der Waals surface area contributed by atoms with Gasteiger partial charge in [-0.05, 0) is 32.5 Å². The van der Waals surface area contributed by atoms with Gasteiger partial charge in [-0.3, -0.25) is 9.78 Å². The summed E-state index contributed by atoms with van der Waals surface area (Å²) in [6, 6.07) is 0. The molecule has 0 amide bonds. The average molecular weight is 294 g/mol. The molecule has 7 nitrogen and oxygen atoms in total. The van der Waals surface area contributed by atoms with Crippen LogP contribution >= 0.6 is 11.8 Å². The van der Waals surface area contributed by atoms with Crippen molar-refractivity contribution in [2.75, 3.05) is 5.94 Å². The van der Waals surface area contributed by atoms with Gasteiger partial charge < -0.3 is 9.26 Å². The lowest BCUT2D eigenvalue weighted by molar-refractivity contribution is -0.150. The van der Waals surface area contributed by atoms with Crippen molar-refractivity contribution in [2.24, 2.45) is 5.41 Å². The third kappa shape index (κ3) is 3.77. The fourth-order valence-corrected chi connectivity index (χ4v) is 1.64. The fraction of sp³-hybridized carbons (Fsp3) is 0.417. The molecule has 0 aromatic carbocycles. The molecule has 20 heavy (non-hydrogen) atoms. The molecule has 0 bridgehead atoms. The molecule has 2 rings (SSSR count). The maximum atomic E-state index is 11.6. The number of carbonyl (C=O) groups is 1. The van der Waals surface area contributed by atoms with Gasteiger partial charge in [-0.25, -0.2) is 4.98 Å². The number of hydrogen-bond acceptors (Lipinski definition) is 8. The predicted molar refractivity (Wildman–Crippen MR) is 71.6 cm³/mol. The Labute approximate surface area is 120 Å². The summed E-state index contributed by atoms with van der Waals surface area (Å²) < 4.78 is 10.1. The van der Waals surface area contributed by atoms with Crippen molar-refractivity contribution >= 4 is 17.7 Å². The van der Waals surface area contributed by atoms with Gasteiger partial charge >= 0.3 is 5.97 Å². The van der Waals surface area contributed by atoms with Crippen molar-refractivity contribution in [3.63, 3.8) is 0 Å². The first-order valence-corrected chi connectivity index (χ1v) is 6.85. The molecule has 106 valence electrons. The minimum atomic E-state index is -0.528. The molecular formula is C12H14N4O3S. The normalized spacial score (nSPS) is 11.3. The van der Waals surface area contributed by atoms with E-state index in [2.05, 4.69) is 20.1 Å². The highest BCUT2D eigenvalue weighted by molar-refractivity contribution is 7.98. The summed E-state index contributed by atoms with van der Waals surface area (Å²) in [5.41, 5.74) is -0.00464. The Morgan fingerprint density at radius 3 is 2.85 bits per heavy atom. The number of thioether (sulfide) groups is 1. The third-order valence-electron chi connectivity index (χ3n) is 2.18. The van der Waals surface area contributed by atoms with E-state index in [0.717, 1.165) is 11.8 Å². The van der Waals surface area contributed by atoms with Crippen LogP contribution in [0.1, 0.15) is 20.8 Å². The van der Waals surface area contributed by atoms with Gasteiger partial charge in [0.2, 0.25) is 5.82 Å². The first kappa shape index (κ1) is 14.4. The summed E-state index contributed by atoms with van der Waals surface area (Å²) in [5, 5.41) is 4.10. The molecule has 0 fully saturated rings. The van der Waals surface area contributed by atoms with E-state index in [9.17, 15) is 4.79 Å². The Balaban J connectivity index is 1.90. The Morgan fingerprint density at radius 2 is 2.20 bits per heavy atom. The van der Waals surface area contributed by atoms with E-state index < -0.39 is 5.41 Å². The standard InChI is InChI=1S/C12H14N4O3S/c1-12(2,3)10(17)18-7-20-11-15-9(16-19-11)8-6-13-4-5-14-8/h4-6H,7H2,1-3H3. The van der Waals surface area contributed by atoms with Crippen LogP contribution in [0.4, 0.5) is 0 Å². The number of nitrogens with zero attached hydrogens (tertiary/aromatic N) is 4. The van der Waals surface area contributed by atoms with Crippen LogP contribution in [0, 0.1) is 5.41 Å². The summed E-state index contributed by atoms with van der Waals surface area (Å²) in [7, 11) is 0. The zero-order valence-electron chi connectivity index (χ0n) is 11.4. The Kier molecular flexibility index (Phi) is 4.33. The van der Waals surface area contributed by atoms with Crippen molar-refractivity contribution in [1.29, 1.82) is 0 Å². The molecule has 2 heterocycles. The van der Waals surface area contributed by atoms with Crippen LogP contribution in [0.5, 0.6) is 0 Å². The van der Waals surface area contributed by atoms with Gasteiger partial charge in [0.15, 0.2) is 0 Å². The topological polar surface area (TPSA) is 91.0 Å². The molecule has 0 spiro atoms. The number of ether oxygens (including phenoxy) is 1. The van der Waals surface area contributed by atoms with Crippen molar-refractivity contribution in [3.05, 3.63) is 18.6 Å². The lowest BCUT2D eigenvalue weighted by Crippen LogP contribution is -2.22. The average Bonchev–Trinajstić information content (AvgIpc) is 2.87. The molecular weight excluding hydrogens is 280 g/mol. The lowest BCUT2D eigenvalue weighted by atomic mass is 9.98. The number of rotatable bonds is 4. The van der Waals surface area contributed by atoms with Crippen molar-refractivity contribution in [1.82, 2.24) is 20.1 Å². The summed E-state index contributed by atoms with van der Waals surface area (Å²) in [6.45, 7) is 5.37. The van der Waals surface area contributed by atoms with Gasteiger partial charge in [-0.15, -0.1) is 0 Å². The fourth-order valence-electron chi connectivity index (χ4n) is 1.14. The summed E-state index contributed by atoms with van der Waals surface area (Å²) >= 11 is 1.15. The zero-order chi connectivity index (χ0) is 14.6. The Morgan fingerprint density at radius 1 is 1.40 bits per heavy atom. The number of carbonyl (C=O) groups excluding carboxylic acids is 1. The van der Waals surface area contributed by atoms with Crippen LogP contribution < -0.4 is 0 Å². The first-order chi connectivity index (χ1) is 9.47. The van der Waals surface area contributed by atoms with Gasteiger partial charge in [-0.1, -0.05) is 5.16 Å². The van der Waals surface area contributed by atoms with Crippen LogP contribution in [0.2, 0.25) is 0 Å². The summed E-state index contributed by atoms with van der Waals surface area (Å²) in [6.07, 6.45) is 4.65. The smallest absolute Gasteiger partial charge is 0.312 e. The summed E-state index contributed by atoms with van der Waals surface area (Å²) in [4.78, 5) is 23.7. The molecule has 0 N–H and O–H groups in total. The molecule has 0 saturated heterocycles. The molecule has 0 aliphatic rings. The molecule has 0 radical (unpaired) electrons. The minimum Gasteiger partial charge on any atom is -0.454 e. The van der Waals surface area contributed by atoms with E-state index in [4.69, 9.17) is 9.26 Å². The van der Waals surface area contributed by atoms with E-state index in [1.165, 1.54) is 0 Å². The Bertz CT molecular complexity index is 580. The number of aromatic nitrogens is 4. The van der Waals surface area contributed by atoms with E-state index in [1.54, 1.807) is 39.4 Å². The predicted octanol–water partition coefficient (Wildman–Crippen LogP) is 2.17. The van der Waals surface area contributed by atoms with Crippen LogP contribution in [-0.4, -0.2) is 32.0 Å². The van der Waals surface area contributed by atoms with Gasteiger partial charge in [0.25, 0.3) is 5.22 Å². The third-order valence-corrected chi connectivity index (χ3v) is 2.83. The molecule has 0 unspecified atom stereocenters. The van der Waals surface area contributed by atoms with Crippen LogP contribution in [0.15, 0.2) is 28.3 Å². The maximum absolute atomic E-state index is 11.6. The molecule has 0 saturated carbocycles. The molecule has 0 aliphatic heterocycles. The number of hydrogen-bond donors (Lipinski definition) is 0. The van der Waals surface area contributed by atoms with Gasteiger partial charge in [-0.2, -0.15) is 4.98 Å². The largest absolute Gasteiger partial charge is 0.454 e. The molecule has 2 aromatic rings. The molecule has 2 aromatic heterocycles. The van der Waals surface area contributed by atoms with E-state index in [1.807, 2.05) is 0 Å².